The lowest BCUT2D eigenvalue weighted by atomic mass is 10.9. The third kappa shape index (κ3) is 8.43. The average molecular weight is 309 g/mol. The van der Waals surface area contributed by atoms with Crippen molar-refractivity contribution in [3.8, 4) is 0 Å². The lowest BCUT2D eigenvalue weighted by molar-refractivity contribution is 0.675. The summed E-state index contributed by atoms with van der Waals surface area (Å²) in [5, 5.41) is 0. The molecule has 0 atom stereocenters. The van der Waals surface area contributed by atoms with Crippen molar-refractivity contribution in [1.29, 1.82) is 0 Å². The van der Waals surface area contributed by atoms with Crippen molar-refractivity contribution in [1.82, 2.24) is 4.67 Å². The first-order valence-electron chi connectivity index (χ1n) is 7.45. The van der Waals surface area contributed by atoms with Crippen LogP contribution in [0.15, 0.2) is 0 Å². The van der Waals surface area contributed by atoms with Crippen molar-refractivity contribution >= 4 is 23.9 Å². The first-order chi connectivity index (χ1) is 8.58. The summed E-state index contributed by atoms with van der Waals surface area (Å²) in [4.78, 5) is 0. The van der Waals surface area contributed by atoms with Gasteiger partial charge in [-0.1, -0.05) is 27.7 Å². The Labute approximate surface area is 120 Å². The van der Waals surface area contributed by atoms with Gasteiger partial charge in [0.25, 0.3) is 0 Å². The molecule has 0 heterocycles. The van der Waals surface area contributed by atoms with Crippen molar-refractivity contribution in [3.05, 3.63) is 0 Å². The number of rotatable bonds is 11. The Morgan fingerprint density at radius 3 is 1.17 bits per heavy atom. The van der Waals surface area contributed by atoms with Gasteiger partial charge < -0.3 is 0 Å². The summed E-state index contributed by atoms with van der Waals surface area (Å²) in [6.07, 6.45) is 11.7. The van der Waals surface area contributed by atoms with Crippen LogP contribution < -0.4 is 0 Å². The Kier molecular flexibility index (Phi) is 12.9. The molecule has 0 saturated heterocycles. The number of hydrogen-bond acceptors (Lipinski definition) is 1. The average Bonchev–Trinajstić information content (AvgIpc) is 2.37. The van der Waals surface area contributed by atoms with Crippen LogP contribution in [0, 0.1) is 0 Å². The van der Waals surface area contributed by atoms with Gasteiger partial charge in [-0.25, -0.2) is 0 Å². The van der Waals surface area contributed by atoms with Crippen LogP contribution in [0.4, 0.5) is 0 Å². The molecule has 0 amide bonds. The molecule has 0 aliphatic rings. The maximum absolute atomic E-state index is 2.53. The third-order valence-electron chi connectivity index (χ3n) is 3.70. The lowest BCUT2D eigenvalue weighted by Gasteiger charge is -2.28. The summed E-state index contributed by atoms with van der Waals surface area (Å²) in [7, 11) is 5.45. The highest BCUT2D eigenvalue weighted by Gasteiger charge is 2.14. The van der Waals surface area contributed by atoms with Gasteiger partial charge in [0.15, 0.2) is 0 Å². The molecule has 0 aromatic carbocycles. The monoisotopic (exact) mass is 309 g/mol. The molecule has 0 aliphatic heterocycles. The second-order valence-corrected chi connectivity index (χ2v) is 13.7. The maximum Gasteiger partial charge on any atom is -0.00972 e. The van der Waals surface area contributed by atoms with Crippen LogP contribution in [-0.2, 0) is 0 Å². The van der Waals surface area contributed by atoms with E-state index in [-0.39, 0.29) is 8.07 Å². The molecule has 110 valence electrons. The molecule has 0 aromatic rings. The second-order valence-electron chi connectivity index (χ2n) is 4.85. The highest BCUT2D eigenvalue weighted by atomic mass is 31.1. The molecular formula is C14H34NP3. The van der Waals surface area contributed by atoms with Crippen LogP contribution in [0.1, 0.15) is 27.7 Å². The Hall–Kier alpha value is 1.25. The minimum Gasteiger partial charge on any atom is -0.288 e. The second kappa shape index (κ2) is 12.0. The molecule has 0 fully saturated rings. The molecule has 0 spiro atoms. The molecule has 0 rings (SSSR count). The summed E-state index contributed by atoms with van der Waals surface area (Å²) in [6.45, 7) is 9.50. The normalized spacial score (nSPS) is 12.3. The van der Waals surface area contributed by atoms with E-state index in [2.05, 4.69) is 46.5 Å². The highest BCUT2D eigenvalue weighted by Crippen LogP contribution is 2.46. The zero-order valence-corrected chi connectivity index (χ0v) is 16.1. The van der Waals surface area contributed by atoms with Crippen LogP contribution in [-0.4, -0.2) is 68.1 Å². The van der Waals surface area contributed by atoms with Gasteiger partial charge in [-0.2, -0.15) is 0 Å². The van der Waals surface area contributed by atoms with Gasteiger partial charge in [0.05, 0.1) is 0 Å². The van der Waals surface area contributed by atoms with Crippen molar-refractivity contribution in [2.24, 2.45) is 0 Å². The fourth-order valence-electron chi connectivity index (χ4n) is 2.11. The van der Waals surface area contributed by atoms with Crippen molar-refractivity contribution in [2.45, 2.75) is 27.7 Å². The number of hydrogen-bond donors (Lipinski definition) is 0. The van der Waals surface area contributed by atoms with Crippen molar-refractivity contribution in [3.63, 3.8) is 0 Å². The van der Waals surface area contributed by atoms with E-state index in [9.17, 15) is 0 Å². The van der Waals surface area contributed by atoms with Crippen LogP contribution in [0.3, 0.4) is 0 Å². The Bertz CT molecular complexity index is 164. The highest BCUT2D eigenvalue weighted by molar-refractivity contribution is 7.62. The summed E-state index contributed by atoms with van der Waals surface area (Å²) in [5.41, 5.74) is 0. The summed E-state index contributed by atoms with van der Waals surface area (Å²) in [6, 6.07) is 0. The topological polar surface area (TPSA) is 3.24 Å². The number of nitrogens with zero attached hydrogens (tertiary/aromatic N) is 1. The summed E-state index contributed by atoms with van der Waals surface area (Å²) >= 11 is 0. The SMILES string of the molecule is CCP(CC)CCP(CCP(CC)CC)N(C)C. The Balaban J connectivity index is 4.06. The zero-order valence-electron chi connectivity index (χ0n) is 13.4. The van der Waals surface area contributed by atoms with E-state index in [1.165, 1.54) is 49.3 Å². The summed E-state index contributed by atoms with van der Waals surface area (Å²) < 4.78 is 2.53. The quantitative estimate of drug-likeness (QED) is 0.486. The van der Waals surface area contributed by atoms with Crippen LogP contribution in [0.5, 0.6) is 0 Å². The molecule has 0 unspecified atom stereocenters. The van der Waals surface area contributed by atoms with Gasteiger partial charge in [-0.3, -0.25) is 4.67 Å². The largest absolute Gasteiger partial charge is 0.288 e. The van der Waals surface area contributed by atoms with E-state index < -0.39 is 0 Å². The van der Waals surface area contributed by atoms with Crippen LogP contribution in [0.2, 0.25) is 0 Å². The van der Waals surface area contributed by atoms with Gasteiger partial charge in [-0.05, 0) is 71.5 Å². The minimum absolute atomic E-state index is 0.158. The van der Waals surface area contributed by atoms with Gasteiger partial charge in [0.2, 0.25) is 0 Å². The molecule has 0 aromatic heterocycles. The smallest absolute Gasteiger partial charge is 0.00972 e. The molecule has 0 saturated carbocycles. The molecule has 1 nitrogen and oxygen atoms in total. The van der Waals surface area contributed by atoms with E-state index >= 15 is 0 Å². The fraction of sp³-hybridized carbons (Fsp3) is 1.00. The molecular weight excluding hydrogens is 275 g/mol. The summed E-state index contributed by atoms with van der Waals surface area (Å²) in [5.74, 6) is 0. The molecule has 0 aliphatic carbocycles. The molecule has 0 radical (unpaired) electrons. The Morgan fingerprint density at radius 2 is 0.944 bits per heavy atom. The van der Waals surface area contributed by atoms with Crippen molar-refractivity contribution in [2.75, 3.05) is 63.4 Å². The molecule has 0 N–H and O–H groups in total. The fourth-order valence-corrected chi connectivity index (χ4v) is 9.40. The molecule has 0 bridgehead atoms. The predicted molar refractivity (Wildman–Crippen MR) is 96.1 cm³/mol. The standard InChI is InChI=1S/C14H34NP3/c1-7-16(8-2)11-13-18(15(5)6)14-12-17(9-3)10-4/h7-14H2,1-6H3. The predicted octanol–water partition coefficient (Wildman–Crippen LogP) is 4.99. The van der Waals surface area contributed by atoms with Gasteiger partial charge in [0, 0.05) is 0 Å². The first-order valence-corrected chi connectivity index (χ1v) is 12.9. The van der Waals surface area contributed by atoms with E-state index in [1.54, 1.807) is 0 Å². The van der Waals surface area contributed by atoms with Crippen LogP contribution in [0.25, 0.3) is 0 Å². The third-order valence-corrected chi connectivity index (χ3v) is 12.3. The minimum atomic E-state index is 0.158. The van der Waals surface area contributed by atoms with Crippen molar-refractivity contribution < 1.29 is 0 Å². The molecule has 4 heteroatoms. The lowest BCUT2D eigenvalue weighted by Crippen LogP contribution is -2.13. The van der Waals surface area contributed by atoms with E-state index in [4.69, 9.17) is 0 Å². The Morgan fingerprint density at radius 1 is 0.611 bits per heavy atom. The van der Waals surface area contributed by atoms with Gasteiger partial charge in [0.1, 0.15) is 0 Å². The van der Waals surface area contributed by atoms with Gasteiger partial charge in [-0.15, -0.1) is 15.8 Å². The van der Waals surface area contributed by atoms with Gasteiger partial charge >= 0.3 is 0 Å². The van der Waals surface area contributed by atoms with E-state index in [0.717, 1.165) is 0 Å². The molecule has 18 heavy (non-hydrogen) atoms. The maximum atomic E-state index is 2.53. The van der Waals surface area contributed by atoms with E-state index in [0.29, 0.717) is 15.8 Å². The van der Waals surface area contributed by atoms with Crippen LogP contribution >= 0.6 is 23.9 Å². The van der Waals surface area contributed by atoms with E-state index in [1.807, 2.05) is 0 Å². The zero-order chi connectivity index (χ0) is 14.0. The first kappa shape index (κ1) is 19.2.